The van der Waals surface area contributed by atoms with Crippen molar-refractivity contribution in [3.05, 3.63) is 51.5 Å². The molecule has 0 saturated heterocycles. The number of nitrogens with one attached hydrogen (secondary N) is 2. The van der Waals surface area contributed by atoms with Crippen LogP contribution in [0.4, 0.5) is 5.69 Å². The molecule has 1 aromatic heterocycles. The van der Waals surface area contributed by atoms with Gasteiger partial charge in [0.05, 0.1) is 6.26 Å². The average molecular weight is 426 g/mol. The highest BCUT2D eigenvalue weighted by molar-refractivity contribution is 14.1. The Hall–Kier alpha value is -1.83. The lowest BCUT2D eigenvalue weighted by Gasteiger charge is -2.21. The molecule has 0 radical (unpaired) electrons. The van der Waals surface area contributed by atoms with E-state index in [4.69, 9.17) is 4.42 Å². The van der Waals surface area contributed by atoms with Crippen molar-refractivity contribution in [3.63, 3.8) is 0 Å². The summed E-state index contributed by atoms with van der Waals surface area (Å²) in [6.07, 6.45) is 1.42. The molecule has 0 aliphatic carbocycles. The Kier molecular flexibility index (Phi) is 5.81. The summed E-state index contributed by atoms with van der Waals surface area (Å²) in [5, 5.41) is 5.61. The van der Waals surface area contributed by atoms with Crippen LogP contribution in [0.15, 0.2) is 41.0 Å². The predicted molar refractivity (Wildman–Crippen MR) is 97.3 cm³/mol. The maximum absolute atomic E-state index is 12.5. The highest BCUT2D eigenvalue weighted by Gasteiger charge is 2.25. The topological polar surface area (TPSA) is 71.3 Å². The van der Waals surface area contributed by atoms with Crippen molar-refractivity contribution in [2.24, 2.45) is 5.92 Å². The third-order valence-corrected chi connectivity index (χ3v) is 4.10. The quantitative estimate of drug-likeness (QED) is 0.719. The lowest BCUT2D eigenvalue weighted by atomic mass is 10.0. The van der Waals surface area contributed by atoms with Crippen molar-refractivity contribution < 1.29 is 14.0 Å². The van der Waals surface area contributed by atoms with Gasteiger partial charge in [0.25, 0.3) is 5.91 Å². The average Bonchev–Trinajstić information content (AvgIpc) is 3.01. The molecule has 6 heteroatoms. The molecule has 23 heavy (non-hydrogen) atoms. The smallest absolute Gasteiger partial charge is 0.287 e. The summed E-state index contributed by atoms with van der Waals surface area (Å²) in [6.45, 7) is 5.70. The van der Waals surface area contributed by atoms with Gasteiger partial charge in [0.1, 0.15) is 6.04 Å². The molecule has 2 rings (SSSR count). The molecule has 2 N–H and O–H groups in total. The molecule has 1 atom stereocenters. The van der Waals surface area contributed by atoms with Crippen LogP contribution >= 0.6 is 22.6 Å². The Morgan fingerprint density at radius 3 is 2.52 bits per heavy atom. The van der Waals surface area contributed by atoms with Crippen LogP contribution in [-0.2, 0) is 4.79 Å². The lowest BCUT2D eigenvalue weighted by Crippen LogP contribution is -2.47. The Labute approximate surface area is 149 Å². The van der Waals surface area contributed by atoms with E-state index in [2.05, 4.69) is 33.2 Å². The zero-order valence-electron chi connectivity index (χ0n) is 13.2. The monoisotopic (exact) mass is 426 g/mol. The summed E-state index contributed by atoms with van der Waals surface area (Å²) in [7, 11) is 0. The van der Waals surface area contributed by atoms with Gasteiger partial charge in [0.15, 0.2) is 5.76 Å². The maximum atomic E-state index is 12.5. The summed E-state index contributed by atoms with van der Waals surface area (Å²) >= 11 is 2.22. The minimum absolute atomic E-state index is 0.0573. The molecule has 2 amide bonds. The molecule has 122 valence electrons. The first kappa shape index (κ1) is 17.5. The van der Waals surface area contributed by atoms with E-state index < -0.39 is 11.9 Å². The molecule has 0 aliphatic heterocycles. The molecular formula is C17H19IN2O3. The van der Waals surface area contributed by atoms with Gasteiger partial charge in [-0.1, -0.05) is 13.8 Å². The minimum atomic E-state index is -0.647. The number of carbonyl (C=O) groups is 2. The second kappa shape index (κ2) is 7.63. The van der Waals surface area contributed by atoms with Crippen LogP contribution in [0, 0.1) is 16.4 Å². The standard InChI is InChI=1S/C17H19IN2O3/c1-10(2)15(20-16(21)14-5-4-8-23-14)17(22)19-13-7-6-12(18)9-11(13)3/h4-10,15H,1-3H3,(H,19,22)(H,20,21)/t15-/m0/s1. The first-order chi connectivity index (χ1) is 10.9. The third kappa shape index (κ3) is 4.57. The van der Waals surface area contributed by atoms with Gasteiger partial charge in [-0.15, -0.1) is 0 Å². The van der Waals surface area contributed by atoms with E-state index in [0.29, 0.717) is 0 Å². The van der Waals surface area contributed by atoms with Gasteiger partial charge in [0.2, 0.25) is 5.91 Å². The van der Waals surface area contributed by atoms with Crippen molar-refractivity contribution in [1.82, 2.24) is 5.32 Å². The number of benzene rings is 1. The highest BCUT2D eigenvalue weighted by atomic mass is 127. The van der Waals surface area contributed by atoms with Gasteiger partial charge in [-0.05, 0) is 71.3 Å². The number of hydrogen-bond acceptors (Lipinski definition) is 3. The summed E-state index contributed by atoms with van der Waals surface area (Å²) in [4.78, 5) is 24.6. The maximum Gasteiger partial charge on any atom is 0.287 e. The van der Waals surface area contributed by atoms with Crippen molar-refractivity contribution >= 4 is 40.1 Å². The zero-order chi connectivity index (χ0) is 17.0. The fourth-order valence-electron chi connectivity index (χ4n) is 2.13. The predicted octanol–water partition coefficient (Wildman–Crippen LogP) is 3.59. The van der Waals surface area contributed by atoms with Crippen LogP contribution < -0.4 is 10.6 Å². The summed E-state index contributed by atoms with van der Waals surface area (Å²) in [6, 6.07) is 8.33. The Morgan fingerprint density at radius 1 is 1.22 bits per heavy atom. The van der Waals surface area contributed by atoms with E-state index in [9.17, 15) is 9.59 Å². The van der Waals surface area contributed by atoms with E-state index in [1.165, 1.54) is 6.26 Å². The molecule has 0 unspecified atom stereocenters. The number of aryl methyl sites for hydroxylation is 1. The van der Waals surface area contributed by atoms with Crippen LogP contribution in [0.5, 0.6) is 0 Å². The molecule has 0 aliphatic rings. The Balaban J connectivity index is 2.10. The molecule has 5 nitrogen and oxygen atoms in total. The van der Waals surface area contributed by atoms with Crippen molar-refractivity contribution in [1.29, 1.82) is 0 Å². The zero-order valence-corrected chi connectivity index (χ0v) is 15.4. The molecular weight excluding hydrogens is 407 g/mol. The molecule has 0 fully saturated rings. The summed E-state index contributed by atoms with van der Waals surface area (Å²) in [5.41, 5.74) is 1.72. The van der Waals surface area contributed by atoms with E-state index in [1.807, 2.05) is 39.0 Å². The Bertz CT molecular complexity index is 696. The van der Waals surface area contributed by atoms with Gasteiger partial charge in [-0.3, -0.25) is 9.59 Å². The molecule has 0 bridgehead atoms. The molecule has 0 saturated carbocycles. The number of furan rings is 1. The largest absolute Gasteiger partial charge is 0.459 e. The second-order valence-corrected chi connectivity index (χ2v) is 6.87. The highest BCUT2D eigenvalue weighted by Crippen LogP contribution is 2.18. The first-order valence-corrected chi connectivity index (χ1v) is 8.37. The number of hydrogen-bond donors (Lipinski definition) is 2. The Morgan fingerprint density at radius 2 is 1.96 bits per heavy atom. The minimum Gasteiger partial charge on any atom is -0.459 e. The van der Waals surface area contributed by atoms with Gasteiger partial charge in [-0.2, -0.15) is 0 Å². The summed E-state index contributed by atoms with van der Waals surface area (Å²) in [5.74, 6) is -0.514. The van der Waals surface area contributed by atoms with E-state index in [0.717, 1.165) is 14.8 Å². The van der Waals surface area contributed by atoms with Gasteiger partial charge < -0.3 is 15.1 Å². The van der Waals surface area contributed by atoms with Crippen LogP contribution in [-0.4, -0.2) is 17.9 Å². The molecule has 1 aromatic carbocycles. The van der Waals surface area contributed by atoms with Crippen molar-refractivity contribution in [3.8, 4) is 0 Å². The number of carbonyl (C=O) groups excluding carboxylic acids is 2. The van der Waals surface area contributed by atoms with E-state index >= 15 is 0 Å². The SMILES string of the molecule is Cc1cc(I)ccc1NC(=O)[C@@H](NC(=O)c1ccco1)C(C)C. The van der Waals surface area contributed by atoms with E-state index in [-0.39, 0.29) is 17.6 Å². The fraction of sp³-hybridized carbons (Fsp3) is 0.294. The number of halogens is 1. The van der Waals surface area contributed by atoms with Crippen LogP contribution in [0.2, 0.25) is 0 Å². The molecule has 0 spiro atoms. The molecule has 1 heterocycles. The normalized spacial score (nSPS) is 12.0. The summed E-state index contributed by atoms with van der Waals surface area (Å²) < 4.78 is 6.16. The number of anilines is 1. The number of amides is 2. The lowest BCUT2D eigenvalue weighted by molar-refractivity contribution is -0.118. The first-order valence-electron chi connectivity index (χ1n) is 7.30. The van der Waals surface area contributed by atoms with Crippen molar-refractivity contribution in [2.75, 3.05) is 5.32 Å². The van der Waals surface area contributed by atoms with Crippen LogP contribution in [0.3, 0.4) is 0 Å². The van der Waals surface area contributed by atoms with Gasteiger partial charge >= 0.3 is 0 Å². The fourth-order valence-corrected chi connectivity index (χ4v) is 2.78. The van der Waals surface area contributed by atoms with Gasteiger partial charge in [-0.25, -0.2) is 0 Å². The van der Waals surface area contributed by atoms with Crippen LogP contribution in [0.25, 0.3) is 0 Å². The van der Waals surface area contributed by atoms with E-state index in [1.54, 1.807) is 12.1 Å². The van der Waals surface area contributed by atoms with Crippen molar-refractivity contribution in [2.45, 2.75) is 26.8 Å². The van der Waals surface area contributed by atoms with Crippen LogP contribution in [0.1, 0.15) is 30.0 Å². The number of rotatable bonds is 5. The van der Waals surface area contributed by atoms with Gasteiger partial charge in [0, 0.05) is 9.26 Å². The third-order valence-electron chi connectivity index (χ3n) is 3.43. The second-order valence-electron chi connectivity index (χ2n) is 5.62. The molecule has 2 aromatic rings.